The van der Waals surface area contributed by atoms with E-state index >= 15 is 0 Å². The van der Waals surface area contributed by atoms with E-state index in [1.165, 1.54) is 6.10 Å². The van der Waals surface area contributed by atoms with E-state index < -0.39 is 0 Å². The Labute approximate surface area is 56.2 Å². The Morgan fingerprint density at radius 3 is 2.67 bits per heavy atom. The van der Waals surface area contributed by atoms with Crippen molar-refractivity contribution in [3.63, 3.8) is 0 Å². The first-order valence-electron chi connectivity index (χ1n) is 3.48. The van der Waals surface area contributed by atoms with Crippen LogP contribution < -0.4 is 0 Å². The Hall–Kier alpha value is -0.0800. The third-order valence-corrected chi connectivity index (χ3v) is 1.40. The molecule has 0 aromatic heterocycles. The van der Waals surface area contributed by atoms with Crippen LogP contribution in [-0.2, 0) is 9.47 Å². The van der Waals surface area contributed by atoms with Crippen LogP contribution in [0.5, 0.6) is 0 Å². The topological polar surface area (TPSA) is 18.5 Å². The van der Waals surface area contributed by atoms with Crippen LogP contribution in [0.15, 0.2) is 0 Å². The van der Waals surface area contributed by atoms with Crippen LogP contribution in [0, 0.1) is 6.10 Å². The van der Waals surface area contributed by atoms with Gasteiger partial charge in [-0.15, -0.1) is 0 Å². The monoisotopic (exact) mass is 129 g/mol. The Morgan fingerprint density at radius 2 is 2.11 bits per heavy atom. The molecule has 0 aromatic rings. The van der Waals surface area contributed by atoms with Crippen molar-refractivity contribution in [2.75, 3.05) is 19.8 Å². The van der Waals surface area contributed by atoms with Gasteiger partial charge < -0.3 is 9.47 Å². The lowest BCUT2D eigenvalue weighted by atomic mass is 10.2. The molecule has 0 bridgehead atoms. The van der Waals surface area contributed by atoms with E-state index in [0.717, 1.165) is 32.7 Å². The predicted molar refractivity (Wildman–Crippen MR) is 34.9 cm³/mol. The molecule has 9 heavy (non-hydrogen) atoms. The summed E-state index contributed by atoms with van der Waals surface area (Å²) in [4.78, 5) is 0. The molecule has 1 rings (SSSR count). The quantitative estimate of drug-likeness (QED) is 0.560. The standard InChI is InChI=1S/C7H13O2/c1-2-9-7-3-5-8-6-4-7/h2-6H2,1H3. The van der Waals surface area contributed by atoms with Gasteiger partial charge in [-0.25, -0.2) is 0 Å². The van der Waals surface area contributed by atoms with Crippen LogP contribution in [0.1, 0.15) is 19.8 Å². The molecule has 0 N–H and O–H groups in total. The third kappa shape index (κ3) is 2.33. The molecule has 2 heteroatoms. The molecule has 1 fully saturated rings. The maximum atomic E-state index is 5.32. The van der Waals surface area contributed by atoms with Crippen molar-refractivity contribution >= 4 is 0 Å². The highest BCUT2D eigenvalue weighted by Gasteiger charge is 2.13. The Kier molecular flexibility index (Phi) is 3.01. The van der Waals surface area contributed by atoms with Crippen molar-refractivity contribution in [3.8, 4) is 0 Å². The minimum absolute atomic E-state index is 0.801. The molecule has 0 aliphatic carbocycles. The van der Waals surface area contributed by atoms with Gasteiger partial charge in [0, 0.05) is 32.7 Å². The third-order valence-electron chi connectivity index (χ3n) is 1.40. The van der Waals surface area contributed by atoms with Crippen LogP contribution in [0.4, 0.5) is 0 Å². The summed E-state index contributed by atoms with van der Waals surface area (Å²) in [5.74, 6) is 0. The second-order valence-corrected chi connectivity index (χ2v) is 2.08. The maximum Gasteiger partial charge on any atom is 0.102 e. The molecule has 0 atom stereocenters. The van der Waals surface area contributed by atoms with Gasteiger partial charge in [-0.2, -0.15) is 0 Å². The van der Waals surface area contributed by atoms with E-state index in [9.17, 15) is 0 Å². The molecule has 0 aromatic carbocycles. The minimum Gasteiger partial charge on any atom is -0.381 e. The number of hydrogen-bond acceptors (Lipinski definition) is 2. The molecule has 0 spiro atoms. The van der Waals surface area contributed by atoms with Crippen LogP contribution in [0.2, 0.25) is 0 Å². The van der Waals surface area contributed by atoms with E-state index in [2.05, 4.69) is 0 Å². The fraction of sp³-hybridized carbons (Fsp3) is 0.857. The van der Waals surface area contributed by atoms with Crippen molar-refractivity contribution in [2.45, 2.75) is 19.8 Å². The first-order valence-corrected chi connectivity index (χ1v) is 3.48. The lowest BCUT2D eigenvalue weighted by Crippen LogP contribution is -2.16. The fourth-order valence-electron chi connectivity index (χ4n) is 0.948. The van der Waals surface area contributed by atoms with Gasteiger partial charge in [-0.05, 0) is 6.92 Å². The number of rotatable bonds is 2. The highest BCUT2D eigenvalue weighted by Crippen LogP contribution is 2.17. The van der Waals surface area contributed by atoms with Gasteiger partial charge in [0.2, 0.25) is 0 Å². The second-order valence-electron chi connectivity index (χ2n) is 2.08. The largest absolute Gasteiger partial charge is 0.381 e. The summed E-state index contributed by atoms with van der Waals surface area (Å²) in [5, 5.41) is 0. The number of ether oxygens (including phenoxy) is 2. The Balaban J connectivity index is 2.08. The smallest absolute Gasteiger partial charge is 0.102 e. The fourth-order valence-corrected chi connectivity index (χ4v) is 0.948. The Bertz CT molecular complexity index is 64.6. The molecule has 1 aliphatic rings. The van der Waals surface area contributed by atoms with Crippen LogP contribution in [0.3, 0.4) is 0 Å². The summed E-state index contributed by atoms with van der Waals surface area (Å²) < 4.78 is 10.5. The van der Waals surface area contributed by atoms with Crippen LogP contribution >= 0.6 is 0 Å². The van der Waals surface area contributed by atoms with Gasteiger partial charge >= 0.3 is 0 Å². The highest BCUT2D eigenvalue weighted by atomic mass is 16.5. The lowest BCUT2D eigenvalue weighted by Gasteiger charge is -2.20. The SMILES string of the molecule is CCO[C]1CCOCC1. The van der Waals surface area contributed by atoms with Gasteiger partial charge in [0.1, 0.15) is 6.10 Å². The zero-order chi connectivity index (χ0) is 6.53. The van der Waals surface area contributed by atoms with Gasteiger partial charge in [0.25, 0.3) is 0 Å². The maximum absolute atomic E-state index is 5.32. The van der Waals surface area contributed by atoms with E-state index in [4.69, 9.17) is 9.47 Å². The van der Waals surface area contributed by atoms with E-state index in [-0.39, 0.29) is 0 Å². The molecule has 1 radical (unpaired) electrons. The van der Waals surface area contributed by atoms with E-state index in [0.29, 0.717) is 0 Å². The molecule has 0 unspecified atom stereocenters. The van der Waals surface area contributed by atoms with Crippen molar-refractivity contribution in [1.82, 2.24) is 0 Å². The second kappa shape index (κ2) is 3.85. The van der Waals surface area contributed by atoms with E-state index in [1.807, 2.05) is 6.92 Å². The minimum atomic E-state index is 0.801. The Morgan fingerprint density at radius 1 is 1.44 bits per heavy atom. The zero-order valence-electron chi connectivity index (χ0n) is 5.85. The highest BCUT2D eigenvalue weighted by molar-refractivity contribution is 4.80. The van der Waals surface area contributed by atoms with Crippen molar-refractivity contribution in [1.29, 1.82) is 0 Å². The summed E-state index contributed by atoms with van der Waals surface area (Å²) in [7, 11) is 0. The van der Waals surface area contributed by atoms with E-state index in [1.54, 1.807) is 0 Å². The molecular formula is C7H13O2. The summed E-state index contributed by atoms with van der Waals surface area (Å²) in [6.07, 6.45) is 3.20. The molecule has 1 heterocycles. The molecule has 0 amide bonds. The summed E-state index contributed by atoms with van der Waals surface area (Å²) in [5.41, 5.74) is 0. The first-order chi connectivity index (χ1) is 4.43. The van der Waals surface area contributed by atoms with Gasteiger partial charge in [0.05, 0.1) is 0 Å². The van der Waals surface area contributed by atoms with Crippen LogP contribution in [0.25, 0.3) is 0 Å². The van der Waals surface area contributed by atoms with Crippen molar-refractivity contribution in [3.05, 3.63) is 6.10 Å². The van der Waals surface area contributed by atoms with Crippen molar-refractivity contribution in [2.24, 2.45) is 0 Å². The summed E-state index contributed by atoms with van der Waals surface area (Å²) in [6, 6.07) is 0. The molecule has 1 aliphatic heterocycles. The molecule has 2 nitrogen and oxygen atoms in total. The average Bonchev–Trinajstić information content (AvgIpc) is 1.91. The van der Waals surface area contributed by atoms with Crippen molar-refractivity contribution < 1.29 is 9.47 Å². The first kappa shape index (κ1) is 7.03. The zero-order valence-corrected chi connectivity index (χ0v) is 5.85. The molecule has 1 saturated heterocycles. The predicted octanol–water partition coefficient (Wildman–Crippen LogP) is 1.37. The van der Waals surface area contributed by atoms with Gasteiger partial charge in [-0.1, -0.05) is 0 Å². The van der Waals surface area contributed by atoms with Gasteiger partial charge in [0.15, 0.2) is 0 Å². The number of hydrogen-bond donors (Lipinski definition) is 0. The summed E-state index contributed by atoms with van der Waals surface area (Å²) in [6.45, 7) is 4.50. The lowest BCUT2D eigenvalue weighted by molar-refractivity contribution is 0.0337. The normalized spacial score (nSPS) is 22.3. The van der Waals surface area contributed by atoms with Gasteiger partial charge in [-0.3, -0.25) is 0 Å². The summed E-state index contributed by atoms with van der Waals surface area (Å²) >= 11 is 0. The molecule has 0 saturated carbocycles. The molecule has 53 valence electrons. The molecular weight excluding hydrogens is 116 g/mol. The average molecular weight is 129 g/mol. The van der Waals surface area contributed by atoms with Crippen LogP contribution in [-0.4, -0.2) is 19.8 Å².